The van der Waals surface area contributed by atoms with E-state index in [1.165, 1.54) is 0 Å². The number of amides is 1. The van der Waals surface area contributed by atoms with Crippen molar-refractivity contribution in [2.45, 2.75) is 26.8 Å². The first-order valence-electron chi connectivity index (χ1n) is 6.40. The Labute approximate surface area is 117 Å². The van der Waals surface area contributed by atoms with Crippen LogP contribution in [-0.4, -0.2) is 22.4 Å². The number of nitrogens with one attached hydrogen (secondary N) is 1. The highest BCUT2D eigenvalue weighted by molar-refractivity contribution is 7.99. The highest BCUT2D eigenvalue weighted by atomic mass is 32.2. The molecule has 4 nitrogen and oxygen atoms in total. The molecule has 1 aromatic carbocycles. The van der Waals surface area contributed by atoms with Crippen molar-refractivity contribution in [1.82, 2.24) is 10.3 Å². The molecule has 2 rings (SSSR count). The summed E-state index contributed by atoms with van der Waals surface area (Å²) < 4.78 is 5.59. The molecule has 0 saturated carbocycles. The molecular formula is C14H18N2O2S. The van der Waals surface area contributed by atoms with Crippen LogP contribution in [0, 0.1) is 6.92 Å². The number of aryl methyl sites for hydroxylation is 1. The van der Waals surface area contributed by atoms with E-state index in [9.17, 15) is 4.79 Å². The second-order valence-electron chi connectivity index (χ2n) is 4.36. The van der Waals surface area contributed by atoms with Gasteiger partial charge in [0.25, 0.3) is 0 Å². The van der Waals surface area contributed by atoms with Gasteiger partial charge < -0.3 is 9.73 Å². The van der Waals surface area contributed by atoms with Gasteiger partial charge in [-0.15, -0.1) is 0 Å². The molecule has 5 heteroatoms. The summed E-state index contributed by atoms with van der Waals surface area (Å²) >= 11 is 1.64. The molecule has 1 amide bonds. The lowest BCUT2D eigenvalue weighted by Crippen LogP contribution is -2.24. The summed E-state index contributed by atoms with van der Waals surface area (Å²) in [5, 5.41) is 2.82. The predicted octanol–water partition coefficient (Wildman–Crippen LogP) is 2.90. The first kappa shape index (κ1) is 13.9. The number of fused-ring (bicyclic) bond motifs is 1. The van der Waals surface area contributed by atoms with Gasteiger partial charge in [-0.25, -0.2) is 4.98 Å². The second kappa shape index (κ2) is 6.61. The molecule has 2 aromatic rings. The summed E-state index contributed by atoms with van der Waals surface area (Å²) in [6, 6.07) is 5.82. The van der Waals surface area contributed by atoms with Crippen molar-refractivity contribution < 1.29 is 9.21 Å². The average molecular weight is 278 g/mol. The number of hydrogen-bond donors (Lipinski definition) is 1. The Morgan fingerprint density at radius 3 is 3.05 bits per heavy atom. The zero-order valence-corrected chi connectivity index (χ0v) is 12.0. The molecule has 1 N–H and O–H groups in total. The highest BCUT2D eigenvalue weighted by Crippen LogP contribution is 2.18. The number of carbonyl (C=O) groups is 1. The summed E-state index contributed by atoms with van der Waals surface area (Å²) in [5.74, 6) is 2.08. The fourth-order valence-corrected chi connectivity index (χ4v) is 2.46. The van der Waals surface area contributed by atoms with E-state index >= 15 is 0 Å². The van der Waals surface area contributed by atoms with Crippen molar-refractivity contribution in [3.63, 3.8) is 0 Å². The molecule has 0 fully saturated rings. The van der Waals surface area contributed by atoms with Gasteiger partial charge >= 0.3 is 0 Å². The Morgan fingerprint density at radius 1 is 1.47 bits per heavy atom. The van der Waals surface area contributed by atoms with Gasteiger partial charge in [0, 0.05) is 0 Å². The van der Waals surface area contributed by atoms with Crippen LogP contribution in [0.1, 0.15) is 24.8 Å². The molecule has 0 saturated heterocycles. The zero-order chi connectivity index (χ0) is 13.7. The maximum Gasteiger partial charge on any atom is 0.230 e. The third-order valence-electron chi connectivity index (χ3n) is 2.68. The van der Waals surface area contributed by atoms with Crippen molar-refractivity contribution in [3.05, 3.63) is 29.7 Å². The molecule has 0 unspecified atom stereocenters. The van der Waals surface area contributed by atoms with Crippen LogP contribution in [0.15, 0.2) is 22.6 Å². The van der Waals surface area contributed by atoms with Gasteiger partial charge in [0.1, 0.15) is 5.52 Å². The Morgan fingerprint density at radius 2 is 2.32 bits per heavy atom. The lowest BCUT2D eigenvalue weighted by molar-refractivity contribution is -0.118. The van der Waals surface area contributed by atoms with Crippen molar-refractivity contribution in [2.24, 2.45) is 0 Å². The maximum absolute atomic E-state index is 11.6. The van der Waals surface area contributed by atoms with Crippen LogP contribution in [0.4, 0.5) is 0 Å². The van der Waals surface area contributed by atoms with Gasteiger partial charge in [0.15, 0.2) is 5.58 Å². The van der Waals surface area contributed by atoms with Crippen LogP contribution in [0.2, 0.25) is 0 Å². The lowest BCUT2D eigenvalue weighted by atomic mass is 10.2. The number of nitrogens with zero attached hydrogens (tertiary/aromatic N) is 1. The highest BCUT2D eigenvalue weighted by Gasteiger charge is 2.08. The molecule has 0 aliphatic heterocycles. The first-order chi connectivity index (χ1) is 9.20. The molecular weight excluding hydrogens is 260 g/mol. The number of oxazole rings is 1. The first-order valence-corrected chi connectivity index (χ1v) is 7.55. The largest absolute Gasteiger partial charge is 0.439 e. The summed E-state index contributed by atoms with van der Waals surface area (Å²) in [4.78, 5) is 16.0. The van der Waals surface area contributed by atoms with Crippen molar-refractivity contribution in [1.29, 1.82) is 0 Å². The average Bonchev–Trinajstić information content (AvgIpc) is 2.81. The second-order valence-corrected chi connectivity index (χ2v) is 5.46. The summed E-state index contributed by atoms with van der Waals surface area (Å²) in [7, 11) is 0. The summed E-state index contributed by atoms with van der Waals surface area (Å²) in [5.41, 5.74) is 2.72. The molecule has 0 aliphatic carbocycles. The third kappa shape index (κ3) is 3.73. The number of rotatable bonds is 6. The van der Waals surface area contributed by atoms with Crippen molar-refractivity contribution in [2.75, 3.05) is 11.5 Å². The van der Waals surface area contributed by atoms with Crippen LogP contribution in [0.25, 0.3) is 11.1 Å². The fourth-order valence-electron chi connectivity index (χ4n) is 1.74. The number of carbonyl (C=O) groups excluding carboxylic acids is 1. The van der Waals surface area contributed by atoms with Crippen LogP contribution in [-0.2, 0) is 11.3 Å². The van der Waals surface area contributed by atoms with Crippen LogP contribution in [0.3, 0.4) is 0 Å². The molecule has 1 aromatic heterocycles. The van der Waals surface area contributed by atoms with E-state index in [0.717, 1.165) is 28.8 Å². The Hall–Kier alpha value is -1.49. The smallest absolute Gasteiger partial charge is 0.230 e. The third-order valence-corrected chi connectivity index (χ3v) is 3.85. The number of aromatic nitrogens is 1. The van der Waals surface area contributed by atoms with E-state index in [4.69, 9.17) is 4.42 Å². The lowest BCUT2D eigenvalue weighted by Gasteiger charge is -2.01. The molecule has 102 valence electrons. The minimum Gasteiger partial charge on any atom is -0.439 e. The minimum absolute atomic E-state index is 0.0254. The Bertz CT molecular complexity index is 566. The Balaban J connectivity index is 1.91. The zero-order valence-electron chi connectivity index (χ0n) is 11.2. The molecule has 0 bridgehead atoms. The fraction of sp³-hybridized carbons (Fsp3) is 0.429. The minimum atomic E-state index is 0.0254. The van der Waals surface area contributed by atoms with Gasteiger partial charge in [-0.2, -0.15) is 11.8 Å². The van der Waals surface area contributed by atoms with Crippen molar-refractivity contribution >= 4 is 28.8 Å². The molecule has 0 aliphatic rings. The topological polar surface area (TPSA) is 55.1 Å². The molecule has 19 heavy (non-hydrogen) atoms. The van der Waals surface area contributed by atoms with E-state index in [0.29, 0.717) is 18.2 Å². The van der Waals surface area contributed by atoms with Gasteiger partial charge in [-0.05, 0) is 30.7 Å². The molecule has 0 spiro atoms. The van der Waals surface area contributed by atoms with Gasteiger partial charge in [0.2, 0.25) is 11.8 Å². The monoisotopic (exact) mass is 278 g/mol. The van der Waals surface area contributed by atoms with Gasteiger partial charge in [0.05, 0.1) is 12.3 Å². The quantitative estimate of drug-likeness (QED) is 0.825. The van der Waals surface area contributed by atoms with Gasteiger partial charge in [-0.3, -0.25) is 4.79 Å². The standard InChI is InChI=1S/C14H18N2O2S/c1-3-7-19-9-12(17)15-8-13-16-14-10(2)5-4-6-11(14)18-13/h4-6H,3,7-9H2,1-2H3,(H,15,17). The van der Waals surface area contributed by atoms with Crippen LogP contribution in [0.5, 0.6) is 0 Å². The SMILES string of the molecule is CCCSCC(=O)NCc1nc2c(C)cccc2o1. The van der Waals surface area contributed by atoms with Crippen molar-refractivity contribution in [3.8, 4) is 0 Å². The normalized spacial score (nSPS) is 10.8. The van der Waals surface area contributed by atoms with Crippen LogP contribution < -0.4 is 5.32 Å². The Kier molecular flexibility index (Phi) is 4.85. The molecule has 1 heterocycles. The van der Waals surface area contributed by atoms with Gasteiger partial charge in [-0.1, -0.05) is 19.1 Å². The number of para-hydroxylation sites is 1. The predicted molar refractivity (Wildman–Crippen MR) is 78.2 cm³/mol. The number of benzene rings is 1. The van der Waals surface area contributed by atoms with E-state index in [1.807, 2.05) is 25.1 Å². The summed E-state index contributed by atoms with van der Waals surface area (Å²) in [6.07, 6.45) is 1.09. The molecule has 0 radical (unpaired) electrons. The van der Waals surface area contributed by atoms with E-state index < -0.39 is 0 Å². The number of thioether (sulfide) groups is 1. The summed E-state index contributed by atoms with van der Waals surface area (Å²) in [6.45, 7) is 4.44. The van der Waals surface area contributed by atoms with E-state index in [1.54, 1.807) is 11.8 Å². The maximum atomic E-state index is 11.6. The van der Waals surface area contributed by atoms with Crippen LogP contribution >= 0.6 is 11.8 Å². The van der Waals surface area contributed by atoms with E-state index in [2.05, 4.69) is 17.2 Å². The molecule has 0 atom stereocenters. The van der Waals surface area contributed by atoms with E-state index in [-0.39, 0.29) is 5.91 Å². The number of hydrogen-bond acceptors (Lipinski definition) is 4.